The molecule has 0 spiro atoms. The summed E-state index contributed by atoms with van der Waals surface area (Å²) in [7, 11) is 1.63. The Kier molecular flexibility index (Phi) is 5.37. The summed E-state index contributed by atoms with van der Waals surface area (Å²) in [6, 6.07) is 15.0. The molecule has 1 aromatic heterocycles. The van der Waals surface area contributed by atoms with Gasteiger partial charge in [0.1, 0.15) is 5.75 Å². The molecular formula is C22H23N3O3. The summed E-state index contributed by atoms with van der Waals surface area (Å²) in [5.41, 5.74) is 2.45. The normalized spacial score (nSPS) is 14.6. The van der Waals surface area contributed by atoms with Gasteiger partial charge in [0.2, 0.25) is 11.7 Å². The number of aromatic nitrogens is 2. The average Bonchev–Trinajstić information content (AvgIpc) is 3.25. The summed E-state index contributed by atoms with van der Waals surface area (Å²) in [4.78, 5) is 16.8. The highest BCUT2D eigenvalue weighted by atomic mass is 16.5. The predicted molar refractivity (Wildman–Crippen MR) is 107 cm³/mol. The third-order valence-corrected chi connectivity index (χ3v) is 5.15. The highest BCUT2D eigenvalue weighted by Crippen LogP contribution is 2.27. The molecule has 1 fully saturated rings. The maximum atomic E-state index is 12.4. The molecule has 3 aromatic rings. The van der Waals surface area contributed by atoms with E-state index in [0.717, 1.165) is 48.2 Å². The number of carbonyl (C=O) groups excluding carboxylic acids is 1. The van der Waals surface area contributed by atoms with Crippen molar-refractivity contribution in [2.75, 3.05) is 12.4 Å². The number of ether oxygens (including phenoxy) is 1. The van der Waals surface area contributed by atoms with Crippen LogP contribution in [0, 0.1) is 5.92 Å². The molecule has 0 atom stereocenters. The van der Waals surface area contributed by atoms with Crippen molar-refractivity contribution in [3.63, 3.8) is 0 Å². The number of hydrogen-bond acceptors (Lipinski definition) is 5. The van der Waals surface area contributed by atoms with Crippen LogP contribution in [-0.2, 0) is 4.79 Å². The zero-order valence-corrected chi connectivity index (χ0v) is 15.9. The van der Waals surface area contributed by atoms with Crippen LogP contribution in [0.2, 0.25) is 0 Å². The van der Waals surface area contributed by atoms with Crippen LogP contribution in [0.15, 0.2) is 53.1 Å². The summed E-state index contributed by atoms with van der Waals surface area (Å²) in [5, 5.41) is 7.07. The second-order valence-corrected chi connectivity index (χ2v) is 7.05. The maximum Gasteiger partial charge on any atom is 0.258 e. The van der Waals surface area contributed by atoms with Gasteiger partial charge < -0.3 is 14.6 Å². The molecule has 0 bridgehead atoms. The van der Waals surface area contributed by atoms with E-state index in [4.69, 9.17) is 9.26 Å². The van der Waals surface area contributed by atoms with Crippen LogP contribution in [0.4, 0.5) is 5.69 Å². The Labute approximate surface area is 163 Å². The lowest BCUT2D eigenvalue weighted by molar-refractivity contribution is -0.120. The second-order valence-electron chi connectivity index (χ2n) is 7.05. The van der Waals surface area contributed by atoms with E-state index < -0.39 is 0 Å². The van der Waals surface area contributed by atoms with Crippen molar-refractivity contribution in [1.82, 2.24) is 10.1 Å². The number of nitrogens with zero attached hydrogens (tertiary/aromatic N) is 2. The minimum atomic E-state index is 0.118. The molecule has 1 saturated carbocycles. The molecule has 0 unspecified atom stereocenters. The van der Waals surface area contributed by atoms with Gasteiger partial charge in [-0.1, -0.05) is 24.4 Å². The minimum absolute atomic E-state index is 0.118. The van der Waals surface area contributed by atoms with Gasteiger partial charge in [0.05, 0.1) is 7.11 Å². The molecule has 4 rings (SSSR count). The number of rotatable bonds is 5. The van der Waals surface area contributed by atoms with Crippen LogP contribution < -0.4 is 10.1 Å². The quantitative estimate of drug-likeness (QED) is 0.682. The smallest absolute Gasteiger partial charge is 0.258 e. The predicted octanol–water partition coefficient (Wildman–Crippen LogP) is 4.93. The van der Waals surface area contributed by atoms with E-state index in [1.807, 2.05) is 48.5 Å². The zero-order valence-electron chi connectivity index (χ0n) is 15.9. The van der Waals surface area contributed by atoms with E-state index in [-0.39, 0.29) is 11.8 Å². The van der Waals surface area contributed by atoms with Gasteiger partial charge in [-0.3, -0.25) is 4.79 Å². The van der Waals surface area contributed by atoms with Gasteiger partial charge in [0.25, 0.3) is 5.89 Å². The third-order valence-electron chi connectivity index (χ3n) is 5.15. The van der Waals surface area contributed by atoms with Crippen LogP contribution in [-0.4, -0.2) is 23.2 Å². The molecule has 1 heterocycles. The van der Waals surface area contributed by atoms with Crippen molar-refractivity contribution in [3.8, 4) is 28.6 Å². The molecule has 28 heavy (non-hydrogen) atoms. The highest BCUT2D eigenvalue weighted by Gasteiger charge is 2.21. The molecule has 1 aliphatic rings. The van der Waals surface area contributed by atoms with Crippen molar-refractivity contribution < 1.29 is 14.1 Å². The number of benzene rings is 2. The molecule has 1 aliphatic carbocycles. The number of amides is 1. The Morgan fingerprint density at radius 3 is 2.36 bits per heavy atom. The van der Waals surface area contributed by atoms with E-state index in [2.05, 4.69) is 15.5 Å². The molecule has 0 aliphatic heterocycles. The Bertz CT molecular complexity index is 926. The fraction of sp³-hybridized carbons (Fsp3) is 0.318. The van der Waals surface area contributed by atoms with Crippen LogP contribution >= 0.6 is 0 Å². The molecule has 2 aromatic carbocycles. The largest absolute Gasteiger partial charge is 0.497 e. The lowest BCUT2D eigenvalue weighted by Crippen LogP contribution is -2.24. The van der Waals surface area contributed by atoms with E-state index in [0.29, 0.717) is 11.7 Å². The van der Waals surface area contributed by atoms with Crippen molar-refractivity contribution in [1.29, 1.82) is 0 Å². The van der Waals surface area contributed by atoms with E-state index in [1.54, 1.807) is 7.11 Å². The third kappa shape index (κ3) is 4.06. The molecular weight excluding hydrogens is 354 g/mol. The topological polar surface area (TPSA) is 77.3 Å². The van der Waals surface area contributed by atoms with E-state index in [9.17, 15) is 4.79 Å². The Balaban J connectivity index is 1.43. The van der Waals surface area contributed by atoms with Gasteiger partial charge in [-0.2, -0.15) is 4.98 Å². The highest BCUT2D eigenvalue weighted by molar-refractivity contribution is 5.92. The molecule has 6 nitrogen and oxygen atoms in total. The van der Waals surface area contributed by atoms with Crippen molar-refractivity contribution in [2.45, 2.75) is 32.1 Å². The standard InChI is InChI=1S/C22H23N3O3/c1-27-19-13-9-15(10-14-19)20-24-22(28-25-20)17-7-11-18(12-8-17)23-21(26)16-5-3-2-4-6-16/h7-14,16H,2-6H2,1H3,(H,23,26). The zero-order chi connectivity index (χ0) is 19.3. The van der Waals surface area contributed by atoms with Gasteiger partial charge in [-0.25, -0.2) is 0 Å². The van der Waals surface area contributed by atoms with Gasteiger partial charge in [0.15, 0.2) is 0 Å². The number of methoxy groups -OCH3 is 1. The summed E-state index contributed by atoms with van der Waals surface area (Å²) in [6.07, 6.45) is 5.50. The lowest BCUT2D eigenvalue weighted by Gasteiger charge is -2.20. The van der Waals surface area contributed by atoms with Gasteiger partial charge >= 0.3 is 0 Å². The van der Waals surface area contributed by atoms with Crippen molar-refractivity contribution in [2.24, 2.45) is 5.92 Å². The number of anilines is 1. The van der Waals surface area contributed by atoms with Gasteiger partial charge in [-0.15, -0.1) is 0 Å². The van der Waals surface area contributed by atoms with Crippen LogP contribution in [0.25, 0.3) is 22.8 Å². The summed E-state index contributed by atoms with van der Waals surface area (Å²) in [6.45, 7) is 0. The fourth-order valence-corrected chi connectivity index (χ4v) is 3.50. The first-order valence-electron chi connectivity index (χ1n) is 9.62. The van der Waals surface area contributed by atoms with Crippen LogP contribution in [0.1, 0.15) is 32.1 Å². The molecule has 6 heteroatoms. The summed E-state index contributed by atoms with van der Waals surface area (Å²) < 4.78 is 10.6. The number of hydrogen-bond donors (Lipinski definition) is 1. The van der Waals surface area contributed by atoms with E-state index in [1.165, 1.54) is 6.42 Å². The van der Waals surface area contributed by atoms with Gasteiger partial charge in [0, 0.05) is 22.7 Å². The maximum absolute atomic E-state index is 12.4. The van der Waals surface area contributed by atoms with E-state index >= 15 is 0 Å². The fourth-order valence-electron chi connectivity index (χ4n) is 3.50. The monoisotopic (exact) mass is 377 g/mol. The molecule has 0 saturated heterocycles. The summed E-state index contributed by atoms with van der Waals surface area (Å²) >= 11 is 0. The second kappa shape index (κ2) is 8.25. The Morgan fingerprint density at radius 2 is 1.68 bits per heavy atom. The average molecular weight is 377 g/mol. The number of carbonyl (C=O) groups is 1. The Morgan fingerprint density at radius 1 is 1.00 bits per heavy atom. The molecule has 0 radical (unpaired) electrons. The minimum Gasteiger partial charge on any atom is -0.497 e. The van der Waals surface area contributed by atoms with Crippen molar-refractivity contribution in [3.05, 3.63) is 48.5 Å². The number of nitrogens with one attached hydrogen (secondary N) is 1. The SMILES string of the molecule is COc1ccc(-c2noc(-c3ccc(NC(=O)C4CCCCC4)cc3)n2)cc1. The van der Waals surface area contributed by atoms with Gasteiger partial charge in [-0.05, 0) is 61.4 Å². The Hall–Kier alpha value is -3.15. The van der Waals surface area contributed by atoms with Crippen LogP contribution in [0.5, 0.6) is 5.75 Å². The molecule has 144 valence electrons. The first-order chi connectivity index (χ1) is 13.7. The first kappa shape index (κ1) is 18.2. The first-order valence-corrected chi connectivity index (χ1v) is 9.62. The van der Waals surface area contributed by atoms with Crippen LogP contribution in [0.3, 0.4) is 0 Å². The lowest BCUT2D eigenvalue weighted by atomic mass is 9.88. The van der Waals surface area contributed by atoms with Crippen molar-refractivity contribution >= 4 is 11.6 Å². The molecule has 1 amide bonds. The molecule has 1 N–H and O–H groups in total. The summed E-state index contributed by atoms with van der Waals surface area (Å²) in [5.74, 6) is 1.99.